The summed E-state index contributed by atoms with van der Waals surface area (Å²) < 4.78 is 59.8. The van der Waals surface area contributed by atoms with E-state index in [1.54, 1.807) is 0 Å². The molecule has 0 radical (unpaired) electrons. The Bertz CT molecular complexity index is 1220. The summed E-state index contributed by atoms with van der Waals surface area (Å²) in [6, 6.07) is 18.9. The highest BCUT2D eigenvalue weighted by Gasteiger charge is 2.44. The Morgan fingerprint density at radius 2 is 1.52 bits per heavy atom. The maximum absolute atomic E-state index is 10.7. The summed E-state index contributed by atoms with van der Waals surface area (Å²) in [5.41, 5.74) is -1.97. The lowest BCUT2D eigenvalue weighted by Gasteiger charge is -2.13. The smallest absolute Gasteiger partial charge is 0.343 e. The van der Waals surface area contributed by atoms with Crippen molar-refractivity contribution in [3.63, 3.8) is 0 Å². The van der Waals surface area contributed by atoms with Crippen LogP contribution in [-0.4, -0.2) is 23.0 Å². The lowest BCUT2D eigenvalue weighted by molar-refractivity contribution is -0.0510. The molecular weight excluding hydrogens is 403 g/mol. The highest BCUT2D eigenvalue weighted by Crippen LogP contribution is 2.43. The first kappa shape index (κ1) is 19.5. The average molecular weight is 416 g/mol. The minimum atomic E-state index is -5.84. The molecule has 0 saturated carbocycles. The van der Waals surface area contributed by atoms with Crippen LogP contribution in [-0.2, 0) is 17.2 Å². The maximum atomic E-state index is 10.7. The molecule has 142 valence electrons. The number of pyridine rings is 1. The number of para-hydroxylation sites is 1. The summed E-state index contributed by atoms with van der Waals surface area (Å²) in [7, 11) is -3.74. The molecule has 4 nitrogen and oxygen atoms in total. The van der Waals surface area contributed by atoms with Crippen LogP contribution in [0.25, 0.3) is 32.9 Å². The Labute approximate surface area is 157 Å². The van der Waals surface area contributed by atoms with Gasteiger partial charge in [-0.25, -0.2) is 0 Å². The van der Waals surface area contributed by atoms with E-state index in [0.29, 0.717) is 0 Å². The van der Waals surface area contributed by atoms with Gasteiger partial charge in [0, 0.05) is 28.9 Å². The Hall–Kier alpha value is -2.29. The molecule has 9 heteroatoms. The van der Waals surface area contributed by atoms with Gasteiger partial charge < -0.3 is 4.57 Å². The molecule has 1 aliphatic heterocycles. The van der Waals surface area contributed by atoms with Crippen molar-refractivity contribution in [2.24, 2.45) is 7.05 Å². The molecule has 0 unspecified atom stereocenters. The van der Waals surface area contributed by atoms with Gasteiger partial charge in [0.05, 0.1) is 10.7 Å². The van der Waals surface area contributed by atoms with Gasteiger partial charge in [0.15, 0.2) is 0 Å². The van der Waals surface area contributed by atoms with Crippen molar-refractivity contribution in [1.29, 1.82) is 0 Å². The van der Waals surface area contributed by atoms with Crippen LogP contribution in [0.2, 0.25) is 5.02 Å². The Balaban J connectivity index is 0.000000226. The molecule has 0 fully saturated rings. The van der Waals surface area contributed by atoms with Crippen LogP contribution >= 0.6 is 11.6 Å². The number of hydrogen-bond acceptors (Lipinski definition) is 2. The van der Waals surface area contributed by atoms with Crippen LogP contribution in [0.3, 0.4) is 0 Å². The minimum absolute atomic E-state index is 0.854. The summed E-state index contributed by atoms with van der Waals surface area (Å²) in [5.74, 6) is 0. The third-order valence-corrected chi connectivity index (χ3v) is 5.13. The molecule has 2 aromatic rings. The Morgan fingerprint density at radius 1 is 1.00 bits per heavy atom. The summed E-state index contributed by atoms with van der Waals surface area (Å²) in [6.07, 6.45) is 0. The van der Waals surface area contributed by atoms with Gasteiger partial charge in [-0.2, -0.15) is 21.6 Å². The lowest BCUT2D eigenvalue weighted by atomic mass is 10.1. The normalized spacial score (nSPS) is 12.4. The first-order chi connectivity index (χ1) is 12.5. The van der Waals surface area contributed by atoms with Crippen LogP contribution in [0.5, 0.6) is 0 Å². The van der Waals surface area contributed by atoms with Crippen molar-refractivity contribution < 1.29 is 26.1 Å². The van der Waals surface area contributed by atoms with Crippen LogP contribution < -0.4 is 0 Å². The van der Waals surface area contributed by atoms with E-state index in [4.69, 9.17) is 24.6 Å². The Morgan fingerprint density at radius 3 is 2.11 bits per heavy atom. The molecule has 0 bridgehead atoms. The molecule has 2 aliphatic rings. The van der Waals surface area contributed by atoms with Crippen LogP contribution in [0.1, 0.15) is 0 Å². The molecule has 4 rings (SSSR count). The quantitative estimate of drug-likeness (QED) is 0.305. The first-order valence-electron chi connectivity index (χ1n) is 7.60. The first-order valence-corrected chi connectivity index (χ1v) is 9.42. The summed E-state index contributed by atoms with van der Waals surface area (Å²) in [4.78, 5) is 0. The highest BCUT2D eigenvalue weighted by atomic mass is 35.5. The summed E-state index contributed by atoms with van der Waals surface area (Å²) in [6.45, 7) is 0. The van der Waals surface area contributed by atoms with Gasteiger partial charge in [0.25, 0.3) is 0 Å². The van der Waals surface area contributed by atoms with Gasteiger partial charge >= 0.3 is 15.6 Å². The number of alkyl halides is 3. The summed E-state index contributed by atoms with van der Waals surface area (Å²) >= 11 is 6.55. The van der Waals surface area contributed by atoms with Crippen LogP contribution in [0, 0.1) is 0 Å². The van der Waals surface area contributed by atoms with E-state index >= 15 is 0 Å². The lowest BCUT2D eigenvalue weighted by Crippen LogP contribution is -2.21. The number of fused-ring (bicyclic) bond motifs is 4. The maximum Gasteiger partial charge on any atom is 0.522 e. The Kier molecular flexibility index (Phi) is 4.83. The zero-order chi connectivity index (χ0) is 20.0. The third-order valence-electron chi connectivity index (χ3n) is 4.14. The second-order valence-electron chi connectivity index (χ2n) is 5.80. The number of hydrogen-bond donors (Lipinski definition) is 1. The van der Waals surface area contributed by atoms with Crippen molar-refractivity contribution in [2.75, 3.05) is 0 Å². The molecule has 0 aromatic heterocycles. The zero-order valence-corrected chi connectivity index (χ0v) is 15.4. The SMILES string of the molecule is Cn1c2c3ccccc3c(Cl)c-2cc2ccccc21.O=S(=O)(O)C(F)(F)F. The minimum Gasteiger partial charge on any atom is -0.343 e. The third kappa shape index (κ3) is 3.47. The fraction of sp³-hybridized carbons (Fsp3) is 0.111. The predicted octanol–water partition coefficient (Wildman–Crippen LogP) is 5.48. The number of aryl methyl sites for hydroxylation is 1. The van der Waals surface area contributed by atoms with Gasteiger partial charge in [-0.1, -0.05) is 54.1 Å². The monoisotopic (exact) mass is 415 g/mol. The molecule has 1 aliphatic carbocycles. The second-order valence-corrected chi connectivity index (χ2v) is 7.60. The standard InChI is InChI=1S/C17H12ClN.CHF3O3S/c1-19-15-9-5-2-6-11(15)10-14-16(18)12-7-3-4-8-13(12)17(14)19;2-1(3,4)8(5,6)7/h2-10H,1H3;(H,5,6,7). The molecule has 1 N–H and O–H groups in total. The highest BCUT2D eigenvalue weighted by molar-refractivity contribution is 7.86. The van der Waals surface area contributed by atoms with Crippen molar-refractivity contribution in [3.05, 3.63) is 59.6 Å². The second kappa shape index (κ2) is 6.70. The van der Waals surface area contributed by atoms with E-state index in [1.165, 1.54) is 22.0 Å². The molecular formula is C18H13ClF3NO3S. The van der Waals surface area contributed by atoms with Gasteiger partial charge in [0.1, 0.15) is 0 Å². The van der Waals surface area contributed by atoms with Crippen LogP contribution in [0.4, 0.5) is 13.2 Å². The van der Waals surface area contributed by atoms with E-state index in [9.17, 15) is 13.2 Å². The molecule has 1 heterocycles. The predicted molar refractivity (Wildman–Crippen MR) is 99.7 cm³/mol. The largest absolute Gasteiger partial charge is 0.522 e. The molecule has 0 spiro atoms. The molecule has 27 heavy (non-hydrogen) atoms. The van der Waals surface area contributed by atoms with Gasteiger partial charge in [-0.15, -0.1) is 0 Å². The summed E-state index contributed by atoms with van der Waals surface area (Å²) in [5, 5.41) is 4.42. The number of benzene rings is 2. The molecule has 0 atom stereocenters. The molecule has 2 aromatic carbocycles. The van der Waals surface area contributed by atoms with E-state index in [0.717, 1.165) is 16.0 Å². The van der Waals surface area contributed by atoms with E-state index in [2.05, 4.69) is 60.1 Å². The van der Waals surface area contributed by atoms with E-state index < -0.39 is 15.6 Å². The number of halogens is 4. The number of nitrogens with zero attached hydrogens (tertiary/aromatic N) is 1. The fourth-order valence-corrected chi connectivity index (χ4v) is 3.27. The van der Waals surface area contributed by atoms with E-state index in [-0.39, 0.29) is 0 Å². The zero-order valence-electron chi connectivity index (χ0n) is 13.8. The van der Waals surface area contributed by atoms with E-state index in [1.807, 2.05) is 6.07 Å². The average Bonchev–Trinajstić information content (AvgIpc) is 2.87. The van der Waals surface area contributed by atoms with Crippen molar-refractivity contribution in [2.45, 2.75) is 5.51 Å². The fourth-order valence-electron chi connectivity index (χ4n) is 2.96. The van der Waals surface area contributed by atoms with Gasteiger partial charge in [-0.3, -0.25) is 4.55 Å². The molecule has 0 amide bonds. The van der Waals surface area contributed by atoms with Crippen molar-refractivity contribution in [3.8, 4) is 11.3 Å². The van der Waals surface area contributed by atoms with Crippen molar-refractivity contribution in [1.82, 2.24) is 4.57 Å². The number of rotatable bonds is 0. The molecule has 0 saturated heterocycles. The van der Waals surface area contributed by atoms with Crippen molar-refractivity contribution >= 4 is 43.4 Å². The van der Waals surface area contributed by atoms with Gasteiger partial charge in [-0.05, 0) is 17.5 Å². The van der Waals surface area contributed by atoms with Gasteiger partial charge in [0.2, 0.25) is 0 Å². The number of aromatic nitrogens is 1. The topological polar surface area (TPSA) is 59.3 Å². The van der Waals surface area contributed by atoms with Crippen LogP contribution in [0.15, 0.2) is 54.6 Å².